The Bertz CT molecular complexity index is 1090. The Labute approximate surface area is 146 Å². The average Bonchev–Trinajstić information content (AvgIpc) is 2.65. The molecule has 0 bridgehead atoms. The minimum atomic E-state index is -0.0284. The minimum absolute atomic E-state index is 0.0284. The normalized spacial score (nSPS) is 10.9. The highest BCUT2D eigenvalue weighted by atomic mass is 16.1. The summed E-state index contributed by atoms with van der Waals surface area (Å²) in [5.41, 5.74) is 2.77. The summed E-state index contributed by atoms with van der Waals surface area (Å²) >= 11 is 0. The summed E-state index contributed by atoms with van der Waals surface area (Å²) in [4.78, 5) is 17.3. The Morgan fingerprint density at radius 3 is 2.40 bits per heavy atom. The fourth-order valence-corrected chi connectivity index (χ4v) is 3.17. The molecule has 0 saturated carbocycles. The zero-order valence-corrected chi connectivity index (χ0v) is 14.0. The van der Waals surface area contributed by atoms with Crippen LogP contribution in [0, 0.1) is 6.92 Å². The van der Waals surface area contributed by atoms with Gasteiger partial charge in [-0.1, -0.05) is 72.8 Å². The first-order valence-corrected chi connectivity index (χ1v) is 8.33. The maximum Gasteiger partial charge on any atom is 0.254 e. The lowest BCUT2D eigenvalue weighted by molar-refractivity contribution is 0.705. The van der Waals surface area contributed by atoms with Crippen molar-refractivity contribution in [2.75, 3.05) is 0 Å². The monoisotopic (exact) mass is 326 g/mol. The maximum absolute atomic E-state index is 12.7. The molecule has 0 spiro atoms. The van der Waals surface area contributed by atoms with E-state index in [1.165, 1.54) is 10.8 Å². The molecule has 0 fully saturated rings. The average molecular weight is 326 g/mol. The van der Waals surface area contributed by atoms with Crippen molar-refractivity contribution in [2.45, 2.75) is 13.5 Å². The zero-order chi connectivity index (χ0) is 17.2. The van der Waals surface area contributed by atoms with Crippen LogP contribution in [-0.4, -0.2) is 9.55 Å². The van der Waals surface area contributed by atoms with E-state index in [1.807, 2.05) is 55.5 Å². The van der Waals surface area contributed by atoms with Crippen molar-refractivity contribution >= 4 is 10.8 Å². The lowest BCUT2D eigenvalue weighted by atomic mass is 10.0. The largest absolute Gasteiger partial charge is 0.292 e. The van der Waals surface area contributed by atoms with E-state index >= 15 is 0 Å². The Balaban J connectivity index is 1.77. The second-order valence-electron chi connectivity index (χ2n) is 6.12. The Morgan fingerprint density at radius 2 is 1.60 bits per heavy atom. The van der Waals surface area contributed by atoms with Crippen LogP contribution < -0.4 is 5.56 Å². The van der Waals surface area contributed by atoms with Crippen molar-refractivity contribution in [3.63, 3.8) is 0 Å². The first-order chi connectivity index (χ1) is 12.2. The molecule has 4 aromatic rings. The third-order valence-corrected chi connectivity index (χ3v) is 4.48. The lowest BCUT2D eigenvalue weighted by Crippen LogP contribution is -2.24. The number of hydrogen-bond donors (Lipinski definition) is 0. The molecule has 0 radical (unpaired) electrons. The molecule has 3 nitrogen and oxygen atoms in total. The molecule has 25 heavy (non-hydrogen) atoms. The van der Waals surface area contributed by atoms with Crippen molar-refractivity contribution in [2.24, 2.45) is 0 Å². The van der Waals surface area contributed by atoms with Crippen molar-refractivity contribution in [3.05, 3.63) is 101 Å². The second-order valence-corrected chi connectivity index (χ2v) is 6.12. The molecule has 4 rings (SSSR count). The third kappa shape index (κ3) is 2.96. The number of aryl methyl sites for hydroxylation is 1. The summed E-state index contributed by atoms with van der Waals surface area (Å²) in [7, 11) is 0. The van der Waals surface area contributed by atoms with Gasteiger partial charge in [-0.05, 0) is 23.3 Å². The lowest BCUT2D eigenvalue weighted by Gasteiger charge is -2.13. The molecule has 0 amide bonds. The van der Waals surface area contributed by atoms with Gasteiger partial charge in [0.25, 0.3) is 5.56 Å². The molecule has 3 aromatic carbocycles. The van der Waals surface area contributed by atoms with E-state index < -0.39 is 0 Å². The van der Waals surface area contributed by atoms with Gasteiger partial charge in [-0.2, -0.15) is 0 Å². The second kappa shape index (κ2) is 6.36. The number of fused-ring (bicyclic) bond motifs is 1. The SMILES string of the molecule is Cc1nc(-c2ccccc2)cc(=O)n1Cc1cccc2ccccc12. The molecule has 0 N–H and O–H groups in total. The number of hydrogen-bond acceptors (Lipinski definition) is 2. The predicted octanol–water partition coefficient (Wildman–Crippen LogP) is 4.42. The van der Waals surface area contributed by atoms with Crippen LogP contribution >= 0.6 is 0 Å². The van der Waals surface area contributed by atoms with E-state index in [-0.39, 0.29) is 5.56 Å². The van der Waals surface area contributed by atoms with Crippen LogP contribution in [0.25, 0.3) is 22.0 Å². The highest BCUT2D eigenvalue weighted by Gasteiger charge is 2.09. The van der Waals surface area contributed by atoms with Gasteiger partial charge in [0.05, 0.1) is 12.2 Å². The molecule has 1 heterocycles. The predicted molar refractivity (Wildman–Crippen MR) is 102 cm³/mol. The van der Waals surface area contributed by atoms with Gasteiger partial charge in [0.15, 0.2) is 0 Å². The summed E-state index contributed by atoms with van der Waals surface area (Å²) in [5.74, 6) is 0.722. The Hall–Kier alpha value is -3.20. The topological polar surface area (TPSA) is 34.9 Å². The summed E-state index contributed by atoms with van der Waals surface area (Å²) < 4.78 is 1.73. The fraction of sp³-hybridized carbons (Fsp3) is 0.0909. The van der Waals surface area contributed by atoms with E-state index in [0.29, 0.717) is 6.54 Å². The molecule has 0 aliphatic rings. The van der Waals surface area contributed by atoms with Crippen molar-refractivity contribution in [1.29, 1.82) is 0 Å². The molecule has 0 aliphatic heterocycles. The van der Waals surface area contributed by atoms with E-state index in [1.54, 1.807) is 10.6 Å². The van der Waals surface area contributed by atoms with Gasteiger partial charge < -0.3 is 0 Å². The van der Waals surface area contributed by atoms with Crippen LogP contribution in [0.2, 0.25) is 0 Å². The molecular formula is C22H18N2O. The summed E-state index contributed by atoms with van der Waals surface area (Å²) in [6, 6.07) is 25.8. The van der Waals surface area contributed by atoms with Crippen LogP contribution in [0.4, 0.5) is 0 Å². The van der Waals surface area contributed by atoms with Crippen LogP contribution in [-0.2, 0) is 6.54 Å². The Morgan fingerprint density at radius 1 is 0.880 bits per heavy atom. The van der Waals surface area contributed by atoms with Crippen molar-refractivity contribution in [1.82, 2.24) is 9.55 Å². The molecule has 3 heteroatoms. The van der Waals surface area contributed by atoms with Crippen LogP contribution in [0.3, 0.4) is 0 Å². The van der Waals surface area contributed by atoms with Gasteiger partial charge in [-0.25, -0.2) is 4.98 Å². The van der Waals surface area contributed by atoms with Crippen molar-refractivity contribution < 1.29 is 0 Å². The van der Waals surface area contributed by atoms with Crippen LogP contribution in [0.5, 0.6) is 0 Å². The van der Waals surface area contributed by atoms with Gasteiger partial charge in [0.1, 0.15) is 5.82 Å². The molecular weight excluding hydrogens is 308 g/mol. The molecule has 1 aromatic heterocycles. The standard InChI is InChI=1S/C22H18N2O/c1-16-23-21(18-9-3-2-4-10-18)14-22(25)24(16)15-19-12-7-11-17-8-5-6-13-20(17)19/h2-14H,15H2,1H3. The smallest absolute Gasteiger partial charge is 0.254 e. The van der Waals surface area contributed by atoms with Gasteiger partial charge in [0.2, 0.25) is 0 Å². The Kier molecular flexibility index (Phi) is 3.90. The van der Waals surface area contributed by atoms with Crippen molar-refractivity contribution in [3.8, 4) is 11.3 Å². The molecule has 0 unspecified atom stereocenters. The summed E-state index contributed by atoms with van der Waals surface area (Å²) in [6.45, 7) is 2.41. The third-order valence-electron chi connectivity index (χ3n) is 4.48. The van der Waals surface area contributed by atoms with Gasteiger partial charge in [-0.15, -0.1) is 0 Å². The molecule has 0 saturated heterocycles. The van der Waals surface area contributed by atoms with Crippen LogP contribution in [0.15, 0.2) is 83.7 Å². The van der Waals surface area contributed by atoms with Gasteiger partial charge in [-0.3, -0.25) is 9.36 Å². The highest BCUT2D eigenvalue weighted by molar-refractivity contribution is 5.85. The quantitative estimate of drug-likeness (QED) is 0.558. The van der Waals surface area contributed by atoms with E-state index in [2.05, 4.69) is 29.2 Å². The first kappa shape index (κ1) is 15.3. The summed E-state index contributed by atoms with van der Waals surface area (Å²) in [6.07, 6.45) is 0. The molecule has 0 aliphatic carbocycles. The molecule has 0 atom stereocenters. The van der Waals surface area contributed by atoms with E-state index in [4.69, 9.17) is 0 Å². The number of benzene rings is 3. The summed E-state index contributed by atoms with van der Waals surface area (Å²) in [5, 5.41) is 2.35. The van der Waals surface area contributed by atoms with Gasteiger partial charge >= 0.3 is 0 Å². The van der Waals surface area contributed by atoms with E-state index in [0.717, 1.165) is 22.6 Å². The maximum atomic E-state index is 12.7. The fourth-order valence-electron chi connectivity index (χ4n) is 3.17. The highest BCUT2D eigenvalue weighted by Crippen LogP contribution is 2.20. The van der Waals surface area contributed by atoms with E-state index in [9.17, 15) is 4.79 Å². The first-order valence-electron chi connectivity index (χ1n) is 8.33. The molecule has 122 valence electrons. The zero-order valence-electron chi connectivity index (χ0n) is 14.0. The number of nitrogens with zero attached hydrogens (tertiary/aromatic N) is 2. The number of rotatable bonds is 3. The van der Waals surface area contributed by atoms with Crippen LogP contribution in [0.1, 0.15) is 11.4 Å². The van der Waals surface area contributed by atoms with Gasteiger partial charge in [0, 0.05) is 11.6 Å². The minimum Gasteiger partial charge on any atom is -0.292 e. The number of aromatic nitrogens is 2.